The van der Waals surface area contributed by atoms with Crippen molar-refractivity contribution in [2.45, 2.75) is 26.2 Å². The number of hydrogen-bond donors (Lipinski definition) is 1. The number of rotatable bonds is 5. The number of anilines is 2. The lowest BCUT2D eigenvalue weighted by Crippen LogP contribution is -2.30. The molecule has 0 saturated heterocycles. The van der Waals surface area contributed by atoms with Gasteiger partial charge >= 0.3 is 0 Å². The predicted octanol–water partition coefficient (Wildman–Crippen LogP) is 3.18. The lowest BCUT2D eigenvalue weighted by molar-refractivity contribution is -0.118. The normalized spacial score (nSPS) is 12.6. The zero-order valence-electron chi connectivity index (χ0n) is 14.5. The highest BCUT2D eigenvalue weighted by Gasteiger charge is 2.27. The van der Waals surface area contributed by atoms with E-state index in [9.17, 15) is 9.59 Å². The van der Waals surface area contributed by atoms with Crippen molar-refractivity contribution in [3.05, 3.63) is 53.6 Å². The Morgan fingerprint density at radius 2 is 1.96 bits per heavy atom. The lowest BCUT2D eigenvalue weighted by Gasteiger charge is -2.21. The zero-order valence-corrected chi connectivity index (χ0v) is 14.5. The number of carbonyl (C=O) groups excluding carboxylic acids is 2. The fourth-order valence-corrected chi connectivity index (χ4v) is 3.28. The number of benzene rings is 2. The van der Waals surface area contributed by atoms with Crippen molar-refractivity contribution >= 4 is 23.2 Å². The first-order valence-corrected chi connectivity index (χ1v) is 8.42. The Kier molecular flexibility index (Phi) is 5.03. The molecule has 0 spiro atoms. The molecule has 0 saturated carbocycles. The van der Waals surface area contributed by atoms with Gasteiger partial charge in [0.05, 0.1) is 18.5 Å². The molecule has 5 heteroatoms. The number of methoxy groups -OCH3 is 1. The van der Waals surface area contributed by atoms with Gasteiger partial charge in [0.15, 0.2) is 0 Å². The van der Waals surface area contributed by atoms with Crippen LogP contribution in [0.5, 0.6) is 5.75 Å². The Labute approximate surface area is 147 Å². The quantitative estimate of drug-likeness (QED) is 0.911. The van der Waals surface area contributed by atoms with Gasteiger partial charge < -0.3 is 15.0 Å². The minimum absolute atomic E-state index is 0.0578. The summed E-state index contributed by atoms with van der Waals surface area (Å²) in [5, 5.41) is 2.83. The van der Waals surface area contributed by atoms with Gasteiger partial charge in [-0.3, -0.25) is 9.59 Å². The molecule has 0 fully saturated rings. The van der Waals surface area contributed by atoms with E-state index in [1.807, 2.05) is 42.5 Å². The average Bonchev–Trinajstić information content (AvgIpc) is 3.04. The highest BCUT2D eigenvalue weighted by atomic mass is 16.5. The maximum Gasteiger partial charge on any atom is 0.227 e. The van der Waals surface area contributed by atoms with Gasteiger partial charge in [-0.05, 0) is 36.1 Å². The molecule has 0 bridgehead atoms. The summed E-state index contributed by atoms with van der Waals surface area (Å²) in [4.78, 5) is 26.0. The number of fused-ring (bicyclic) bond motifs is 1. The van der Waals surface area contributed by atoms with Gasteiger partial charge in [0.25, 0.3) is 0 Å². The molecular weight excluding hydrogens is 316 g/mol. The van der Waals surface area contributed by atoms with Gasteiger partial charge in [-0.15, -0.1) is 0 Å². The van der Waals surface area contributed by atoms with E-state index in [0.717, 1.165) is 29.0 Å². The highest BCUT2D eigenvalue weighted by molar-refractivity contribution is 6.02. The van der Waals surface area contributed by atoms with Crippen molar-refractivity contribution in [3.8, 4) is 5.75 Å². The van der Waals surface area contributed by atoms with Crippen molar-refractivity contribution in [2.75, 3.05) is 23.9 Å². The lowest BCUT2D eigenvalue weighted by atomic mass is 10.1. The maximum absolute atomic E-state index is 12.8. The minimum atomic E-state index is -0.137. The summed E-state index contributed by atoms with van der Waals surface area (Å²) in [7, 11) is 1.64. The number of hydrogen-bond acceptors (Lipinski definition) is 3. The van der Waals surface area contributed by atoms with E-state index in [1.54, 1.807) is 12.0 Å². The van der Waals surface area contributed by atoms with E-state index in [0.29, 0.717) is 25.1 Å². The van der Waals surface area contributed by atoms with Gasteiger partial charge in [-0.2, -0.15) is 0 Å². The summed E-state index contributed by atoms with van der Waals surface area (Å²) >= 11 is 0. The Balaban J connectivity index is 1.76. The van der Waals surface area contributed by atoms with Gasteiger partial charge in [-0.1, -0.05) is 30.3 Å². The first kappa shape index (κ1) is 17.0. The third kappa shape index (κ3) is 3.65. The number of nitrogens with zero attached hydrogens (tertiary/aromatic N) is 1. The number of ether oxygens (including phenoxy) is 1. The molecule has 3 rings (SSSR count). The smallest absolute Gasteiger partial charge is 0.227 e. The van der Waals surface area contributed by atoms with Crippen molar-refractivity contribution < 1.29 is 14.3 Å². The van der Waals surface area contributed by atoms with Crippen LogP contribution in [0, 0.1) is 0 Å². The minimum Gasteiger partial charge on any atom is -0.496 e. The molecule has 1 N–H and O–H groups in total. The maximum atomic E-state index is 12.8. The third-order valence-electron chi connectivity index (χ3n) is 4.41. The Hall–Kier alpha value is -2.82. The van der Waals surface area contributed by atoms with Gasteiger partial charge in [0.1, 0.15) is 5.75 Å². The van der Waals surface area contributed by atoms with E-state index in [-0.39, 0.29) is 11.8 Å². The van der Waals surface area contributed by atoms with Crippen molar-refractivity contribution in [2.24, 2.45) is 0 Å². The van der Waals surface area contributed by atoms with Gasteiger partial charge in [0.2, 0.25) is 11.8 Å². The predicted molar refractivity (Wildman–Crippen MR) is 98.1 cm³/mol. The molecular formula is C20H22N2O3. The van der Waals surface area contributed by atoms with Gasteiger partial charge in [0, 0.05) is 19.9 Å². The molecule has 0 radical (unpaired) electrons. The molecule has 130 valence electrons. The Bertz CT molecular complexity index is 801. The monoisotopic (exact) mass is 338 g/mol. The molecule has 0 aliphatic carbocycles. The first-order valence-electron chi connectivity index (χ1n) is 8.42. The fraction of sp³-hybridized carbons (Fsp3) is 0.300. The average molecular weight is 338 g/mol. The second-order valence-corrected chi connectivity index (χ2v) is 6.10. The molecule has 2 aromatic carbocycles. The molecule has 1 heterocycles. The highest BCUT2D eigenvalue weighted by Crippen LogP contribution is 2.36. The van der Waals surface area contributed by atoms with Crippen LogP contribution in [0.2, 0.25) is 0 Å². The number of para-hydroxylation sites is 2. The van der Waals surface area contributed by atoms with Crippen molar-refractivity contribution in [1.82, 2.24) is 0 Å². The third-order valence-corrected chi connectivity index (χ3v) is 4.41. The summed E-state index contributed by atoms with van der Waals surface area (Å²) in [6, 6.07) is 13.5. The van der Waals surface area contributed by atoms with Crippen LogP contribution in [0.15, 0.2) is 42.5 Å². The van der Waals surface area contributed by atoms with Gasteiger partial charge in [-0.25, -0.2) is 0 Å². The van der Waals surface area contributed by atoms with E-state index in [1.165, 1.54) is 6.92 Å². The van der Waals surface area contributed by atoms with Crippen LogP contribution in [0.25, 0.3) is 0 Å². The van der Waals surface area contributed by atoms with Crippen LogP contribution in [0.3, 0.4) is 0 Å². The second-order valence-electron chi connectivity index (χ2n) is 6.10. The van der Waals surface area contributed by atoms with Crippen LogP contribution in [0.4, 0.5) is 11.4 Å². The van der Waals surface area contributed by atoms with Crippen LogP contribution >= 0.6 is 0 Å². The molecule has 2 amide bonds. The number of amides is 2. The second kappa shape index (κ2) is 7.38. The van der Waals surface area contributed by atoms with Crippen LogP contribution in [-0.4, -0.2) is 25.5 Å². The Morgan fingerprint density at radius 3 is 2.72 bits per heavy atom. The van der Waals surface area contributed by atoms with E-state index in [4.69, 9.17) is 4.74 Å². The molecule has 1 aliphatic rings. The molecule has 0 aromatic heterocycles. The number of nitrogens with one attached hydrogen (secondary N) is 1. The first-order chi connectivity index (χ1) is 12.1. The van der Waals surface area contributed by atoms with E-state index >= 15 is 0 Å². The molecule has 5 nitrogen and oxygen atoms in total. The van der Waals surface area contributed by atoms with E-state index < -0.39 is 0 Å². The molecule has 0 atom stereocenters. The summed E-state index contributed by atoms with van der Waals surface area (Å²) in [6.07, 6.45) is 1.83. The van der Waals surface area contributed by atoms with E-state index in [2.05, 4.69) is 5.32 Å². The standard InChI is InChI=1S/C20H22N2O3/c1-14(23)21-17-8-5-7-16-12-13-22(20(16)17)19(24)11-10-15-6-3-4-9-18(15)25-2/h3-9H,10-13H2,1-2H3,(H,21,23). The SMILES string of the molecule is COc1ccccc1CCC(=O)N1CCc2cccc(NC(C)=O)c21. The molecule has 2 aromatic rings. The Morgan fingerprint density at radius 1 is 1.16 bits per heavy atom. The van der Waals surface area contributed by atoms with Crippen LogP contribution in [-0.2, 0) is 22.4 Å². The van der Waals surface area contributed by atoms with Crippen LogP contribution in [0.1, 0.15) is 24.5 Å². The largest absolute Gasteiger partial charge is 0.496 e. The summed E-state index contributed by atoms with van der Waals surface area (Å²) in [5.41, 5.74) is 3.65. The topological polar surface area (TPSA) is 58.6 Å². The summed E-state index contributed by atoms with van der Waals surface area (Å²) in [5.74, 6) is 0.722. The molecule has 0 unspecified atom stereocenters. The van der Waals surface area contributed by atoms with Crippen molar-refractivity contribution in [3.63, 3.8) is 0 Å². The summed E-state index contributed by atoms with van der Waals surface area (Å²) in [6.45, 7) is 2.12. The summed E-state index contributed by atoms with van der Waals surface area (Å²) < 4.78 is 5.35. The van der Waals surface area contributed by atoms with Crippen molar-refractivity contribution in [1.29, 1.82) is 0 Å². The number of aryl methyl sites for hydroxylation is 1. The number of carbonyl (C=O) groups is 2. The van der Waals surface area contributed by atoms with Crippen LogP contribution < -0.4 is 15.0 Å². The zero-order chi connectivity index (χ0) is 17.8. The molecule has 25 heavy (non-hydrogen) atoms. The molecule has 1 aliphatic heterocycles. The fourth-order valence-electron chi connectivity index (χ4n) is 3.28.